The van der Waals surface area contributed by atoms with Gasteiger partial charge in [0.05, 0.1) is 36.3 Å². The van der Waals surface area contributed by atoms with Crippen LogP contribution in [0.1, 0.15) is 0 Å². The number of methoxy groups -OCH3 is 2. The van der Waals surface area contributed by atoms with E-state index in [1.165, 1.54) is 0 Å². The smallest absolute Gasteiger partial charge is 0.291 e. The van der Waals surface area contributed by atoms with Crippen LogP contribution in [0.25, 0.3) is 54.7 Å². The van der Waals surface area contributed by atoms with Gasteiger partial charge < -0.3 is 19.9 Å². The quantitative estimate of drug-likeness (QED) is 0.152. The van der Waals surface area contributed by atoms with E-state index in [0.29, 0.717) is 11.5 Å². The maximum atomic E-state index is 8.36. The van der Waals surface area contributed by atoms with Crippen LogP contribution in [0, 0.1) is 20.2 Å². The van der Waals surface area contributed by atoms with E-state index in [-0.39, 0.29) is 0 Å². The molecule has 0 amide bonds. The molecule has 0 aliphatic rings. The summed E-state index contributed by atoms with van der Waals surface area (Å²) in [5, 5.41) is 31.5. The molecule has 0 unspecified atom stereocenters. The standard InChI is InChI=1S/C28H20N2O2.2HNO3/c1-31-26-16-25-21(15-18-9-4-6-12-23(18)30-25)27(28(26)32-2)19-10-7-13-24-20(19)14-17-8-3-5-11-22(17)29-24;2*2-1(3)4/h3-16H,1-2H3;2*(H,2,3,4). The summed E-state index contributed by atoms with van der Waals surface area (Å²) >= 11 is 0. The fourth-order valence-corrected chi connectivity index (χ4v) is 4.51. The molecule has 202 valence electrons. The van der Waals surface area contributed by atoms with Gasteiger partial charge in [-0.25, -0.2) is 9.97 Å². The highest BCUT2D eigenvalue weighted by atomic mass is 16.9. The number of fused-ring (bicyclic) bond motifs is 4. The van der Waals surface area contributed by atoms with Crippen molar-refractivity contribution in [3.8, 4) is 22.6 Å². The Balaban J connectivity index is 0.000000412. The van der Waals surface area contributed by atoms with Gasteiger partial charge in [0.2, 0.25) is 0 Å². The minimum atomic E-state index is -1.50. The highest BCUT2D eigenvalue weighted by Gasteiger charge is 2.20. The van der Waals surface area contributed by atoms with Crippen LogP contribution in [0.15, 0.2) is 84.9 Å². The lowest BCUT2D eigenvalue weighted by molar-refractivity contribution is -0.742. The van der Waals surface area contributed by atoms with Crippen molar-refractivity contribution in [1.29, 1.82) is 0 Å². The van der Waals surface area contributed by atoms with Crippen LogP contribution in [0.2, 0.25) is 0 Å². The molecular formula is C28H22N4O8. The molecule has 0 aliphatic heterocycles. The zero-order chi connectivity index (χ0) is 28.8. The predicted octanol–water partition coefficient (Wildman–Crippen LogP) is 6.08. The highest BCUT2D eigenvalue weighted by Crippen LogP contribution is 2.46. The van der Waals surface area contributed by atoms with Crippen molar-refractivity contribution in [2.75, 3.05) is 14.2 Å². The SMILES string of the molecule is COc1cc2nc3ccccc3cc2c(-c2cccc3nc4ccccc4cc23)c1OC.O=[N+]([O-])O.O=[N+]([O-])O. The number of nitrogens with zero attached hydrogens (tertiary/aromatic N) is 4. The molecule has 0 radical (unpaired) electrons. The van der Waals surface area contributed by atoms with Crippen molar-refractivity contribution in [2.45, 2.75) is 0 Å². The third-order valence-electron chi connectivity index (χ3n) is 6.00. The molecule has 0 bridgehead atoms. The number of pyridine rings is 2. The van der Waals surface area contributed by atoms with E-state index >= 15 is 0 Å². The van der Waals surface area contributed by atoms with Gasteiger partial charge in [-0.05, 0) is 35.9 Å². The van der Waals surface area contributed by atoms with Crippen molar-refractivity contribution in [2.24, 2.45) is 0 Å². The monoisotopic (exact) mass is 542 g/mol. The minimum absolute atomic E-state index is 0.656. The normalized spacial score (nSPS) is 10.3. The predicted molar refractivity (Wildman–Crippen MR) is 148 cm³/mol. The van der Waals surface area contributed by atoms with Crippen LogP contribution in [-0.2, 0) is 0 Å². The van der Waals surface area contributed by atoms with Gasteiger partial charge in [-0.3, -0.25) is 0 Å². The van der Waals surface area contributed by atoms with Crippen molar-refractivity contribution >= 4 is 43.6 Å². The first-order valence-electron chi connectivity index (χ1n) is 11.6. The molecule has 0 aliphatic carbocycles. The fourth-order valence-electron chi connectivity index (χ4n) is 4.51. The van der Waals surface area contributed by atoms with E-state index < -0.39 is 10.2 Å². The summed E-state index contributed by atoms with van der Waals surface area (Å²) in [6.45, 7) is 0. The largest absolute Gasteiger partial charge is 0.493 e. The molecule has 40 heavy (non-hydrogen) atoms. The Morgan fingerprint density at radius 3 is 1.70 bits per heavy atom. The Bertz CT molecular complexity index is 1860. The molecule has 6 aromatic rings. The Morgan fingerprint density at radius 1 is 0.650 bits per heavy atom. The summed E-state index contributed by atoms with van der Waals surface area (Å²) in [5.41, 5.74) is 5.73. The molecule has 0 spiro atoms. The van der Waals surface area contributed by atoms with E-state index in [0.717, 1.165) is 54.7 Å². The number of aromatic nitrogens is 2. The zero-order valence-corrected chi connectivity index (χ0v) is 21.2. The van der Waals surface area contributed by atoms with Gasteiger partial charge in [-0.1, -0.05) is 48.5 Å². The molecule has 12 heteroatoms. The number of para-hydroxylation sites is 2. The van der Waals surface area contributed by atoms with Crippen molar-refractivity contribution in [1.82, 2.24) is 9.97 Å². The molecule has 2 heterocycles. The van der Waals surface area contributed by atoms with E-state index in [4.69, 9.17) is 50.1 Å². The van der Waals surface area contributed by atoms with Crippen molar-refractivity contribution in [3.05, 3.63) is 105 Å². The summed E-state index contributed by atoms with van der Waals surface area (Å²) < 4.78 is 11.6. The number of benzene rings is 4. The second kappa shape index (κ2) is 11.7. The van der Waals surface area contributed by atoms with Crippen LogP contribution >= 0.6 is 0 Å². The van der Waals surface area contributed by atoms with Gasteiger partial charge in [-0.15, -0.1) is 20.2 Å². The molecule has 2 N–H and O–H groups in total. The van der Waals surface area contributed by atoms with Crippen molar-refractivity contribution in [3.63, 3.8) is 0 Å². The topological polar surface area (TPSA) is 171 Å². The van der Waals surface area contributed by atoms with Crippen LogP contribution in [-0.4, -0.2) is 44.8 Å². The Kier molecular flexibility index (Phi) is 7.99. The second-order valence-electron chi connectivity index (χ2n) is 8.26. The van der Waals surface area contributed by atoms with Crippen LogP contribution in [0.3, 0.4) is 0 Å². The Morgan fingerprint density at radius 2 is 1.15 bits per heavy atom. The lowest BCUT2D eigenvalue weighted by atomic mass is 9.94. The van der Waals surface area contributed by atoms with E-state index in [2.05, 4.69) is 30.3 Å². The highest BCUT2D eigenvalue weighted by molar-refractivity contribution is 6.11. The van der Waals surface area contributed by atoms with E-state index in [1.54, 1.807) is 14.2 Å². The Hall–Kier alpha value is -5.78. The maximum Gasteiger partial charge on any atom is 0.291 e. The van der Waals surface area contributed by atoms with Gasteiger partial charge in [0.1, 0.15) is 0 Å². The number of ether oxygens (including phenoxy) is 2. The molecule has 6 rings (SSSR count). The number of hydrogen-bond donors (Lipinski definition) is 2. The molecule has 4 aromatic carbocycles. The van der Waals surface area contributed by atoms with Gasteiger partial charge in [0, 0.05) is 33.2 Å². The maximum absolute atomic E-state index is 8.36. The molecular weight excluding hydrogens is 520 g/mol. The van der Waals surface area contributed by atoms with Crippen LogP contribution < -0.4 is 9.47 Å². The average molecular weight is 543 g/mol. The summed E-state index contributed by atoms with van der Waals surface area (Å²) in [6.07, 6.45) is 0. The lowest BCUT2D eigenvalue weighted by Gasteiger charge is -2.18. The summed E-state index contributed by atoms with van der Waals surface area (Å²) in [6, 6.07) is 28.9. The zero-order valence-electron chi connectivity index (χ0n) is 21.2. The molecule has 0 atom stereocenters. The molecule has 0 saturated carbocycles. The van der Waals surface area contributed by atoms with Gasteiger partial charge >= 0.3 is 0 Å². The number of hydrogen-bond acceptors (Lipinski definition) is 8. The van der Waals surface area contributed by atoms with Crippen LogP contribution in [0.5, 0.6) is 11.5 Å². The molecule has 0 fully saturated rings. The van der Waals surface area contributed by atoms with E-state index in [9.17, 15) is 0 Å². The van der Waals surface area contributed by atoms with E-state index in [1.807, 2.05) is 54.6 Å². The average Bonchev–Trinajstić information content (AvgIpc) is 2.93. The van der Waals surface area contributed by atoms with Crippen LogP contribution in [0.4, 0.5) is 0 Å². The van der Waals surface area contributed by atoms with Gasteiger partial charge in [0.15, 0.2) is 11.5 Å². The first-order chi connectivity index (χ1) is 19.2. The first kappa shape index (κ1) is 27.3. The minimum Gasteiger partial charge on any atom is -0.493 e. The number of rotatable bonds is 3. The second-order valence-corrected chi connectivity index (χ2v) is 8.26. The fraction of sp³-hybridized carbons (Fsp3) is 0.0714. The summed E-state index contributed by atoms with van der Waals surface area (Å²) in [5.74, 6) is 1.35. The van der Waals surface area contributed by atoms with Gasteiger partial charge in [0.25, 0.3) is 10.2 Å². The first-order valence-corrected chi connectivity index (χ1v) is 11.6. The third-order valence-corrected chi connectivity index (χ3v) is 6.00. The lowest BCUT2D eigenvalue weighted by Crippen LogP contribution is -1.97. The molecule has 2 aromatic heterocycles. The van der Waals surface area contributed by atoms with Crippen molar-refractivity contribution < 1.29 is 30.1 Å². The summed E-state index contributed by atoms with van der Waals surface area (Å²) in [7, 11) is 3.34. The van der Waals surface area contributed by atoms with Gasteiger partial charge in [-0.2, -0.15) is 0 Å². The summed E-state index contributed by atoms with van der Waals surface area (Å²) in [4.78, 5) is 26.6. The molecule has 0 saturated heterocycles. The molecule has 12 nitrogen and oxygen atoms in total. The Labute approximate surface area is 225 Å². The third kappa shape index (κ3) is 5.70.